The van der Waals surface area contributed by atoms with Crippen molar-refractivity contribution in [3.63, 3.8) is 0 Å². The molecule has 0 aromatic heterocycles. The molecule has 1 aromatic rings. The molecule has 1 heterocycles. The van der Waals surface area contributed by atoms with Crippen LogP contribution in [0.4, 0.5) is 11.4 Å². The van der Waals surface area contributed by atoms with Gasteiger partial charge in [-0.3, -0.25) is 0 Å². The molecule has 1 aromatic carbocycles. The van der Waals surface area contributed by atoms with Crippen molar-refractivity contribution in [1.29, 1.82) is 5.26 Å². The van der Waals surface area contributed by atoms with Crippen LogP contribution in [0.2, 0.25) is 0 Å². The van der Waals surface area contributed by atoms with Gasteiger partial charge in [-0.2, -0.15) is 5.26 Å². The van der Waals surface area contributed by atoms with E-state index in [1.165, 1.54) is 0 Å². The summed E-state index contributed by atoms with van der Waals surface area (Å²) in [4.78, 5) is 6.28. The Balaban J connectivity index is 2.29. The number of benzene rings is 1. The van der Waals surface area contributed by atoms with Gasteiger partial charge >= 0.3 is 0 Å². The molecule has 2 rings (SSSR count). The highest BCUT2D eigenvalue weighted by Gasteiger charge is 2.15. The van der Waals surface area contributed by atoms with Crippen LogP contribution in [-0.4, -0.2) is 38.0 Å². The Morgan fingerprint density at radius 1 is 1.47 bits per heavy atom. The van der Waals surface area contributed by atoms with Crippen molar-refractivity contribution in [1.82, 2.24) is 0 Å². The number of nitriles is 1. The first kappa shape index (κ1) is 13.7. The second-order valence-electron chi connectivity index (χ2n) is 4.15. The Morgan fingerprint density at radius 3 is 2.84 bits per heavy atom. The Labute approximate surface area is 117 Å². The Kier molecular flexibility index (Phi) is 4.61. The van der Waals surface area contributed by atoms with Gasteiger partial charge in [-0.15, -0.1) is 11.6 Å². The van der Waals surface area contributed by atoms with Gasteiger partial charge in [0.1, 0.15) is 11.9 Å². The average Bonchev–Trinajstić information content (AvgIpc) is 2.47. The Hall–Kier alpha value is -1.77. The van der Waals surface area contributed by atoms with E-state index in [0.29, 0.717) is 30.3 Å². The number of aliphatic imine (C=N–C) groups is 1. The van der Waals surface area contributed by atoms with E-state index in [9.17, 15) is 5.26 Å². The van der Waals surface area contributed by atoms with Gasteiger partial charge in [0, 0.05) is 13.1 Å². The summed E-state index contributed by atoms with van der Waals surface area (Å²) in [6.45, 7) is 2.95. The molecule has 0 atom stereocenters. The molecule has 0 saturated carbocycles. The van der Waals surface area contributed by atoms with Crippen LogP contribution in [0.5, 0.6) is 0 Å². The standard InChI is InChI=1S/C13H15ClN4O/c14-8-13(16)17-11-1-2-12(10(7-11)9-15)18-3-5-19-6-4-18/h1-2,7H,3-6,8H2,(H2,16,17). The van der Waals surface area contributed by atoms with E-state index >= 15 is 0 Å². The third-order valence-corrected chi connectivity index (χ3v) is 3.14. The van der Waals surface area contributed by atoms with Crippen molar-refractivity contribution in [2.45, 2.75) is 0 Å². The predicted molar refractivity (Wildman–Crippen MR) is 76.2 cm³/mol. The summed E-state index contributed by atoms with van der Waals surface area (Å²) >= 11 is 5.59. The lowest BCUT2D eigenvalue weighted by Gasteiger charge is -2.29. The maximum absolute atomic E-state index is 9.25. The van der Waals surface area contributed by atoms with Crippen molar-refractivity contribution in [3.05, 3.63) is 23.8 Å². The van der Waals surface area contributed by atoms with Crippen molar-refractivity contribution >= 4 is 28.8 Å². The molecule has 0 unspecified atom stereocenters. The number of nitrogens with zero attached hydrogens (tertiary/aromatic N) is 3. The van der Waals surface area contributed by atoms with Gasteiger partial charge in [-0.25, -0.2) is 4.99 Å². The summed E-state index contributed by atoms with van der Waals surface area (Å²) in [7, 11) is 0. The first-order valence-corrected chi connectivity index (χ1v) is 6.54. The third kappa shape index (κ3) is 3.37. The van der Waals surface area contributed by atoms with E-state index in [1.54, 1.807) is 6.07 Å². The van der Waals surface area contributed by atoms with Gasteiger partial charge in [-0.05, 0) is 18.2 Å². The molecule has 0 radical (unpaired) electrons. The molecule has 1 aliphatic rings. The number of morpholine rings is 1. The largest absolute Gasteiger partial charge is 0.386 e. The van der Waals surface area contributed by atoms with Crippen LogP contribution >= 0.6 is 11.6 Å². The molecule has 1 aliphatic heterocycles. The number of halogens is 1. The van der Waals surface area contributed by atoms with Gasteiger partial charge in [0.2, 0.25) is 0 Å². The van der Waals surface area contributed by atoms with E-state index in [1.807, 2.05) is 12.1 Å². The highest BCUT2D eigenvalue weighted by atomic mass is 35.5. The third-order valence-electron chi connectivity index (χ3n) is 2.86. The van der Waals surface area contributed by atoms with Crippen LogP contribution in [0.3, 0.4) is 0 Å². The number of anilines is 1. The summed E-state index contributed by atoms with van der Waals surface area (Å²) < 4.78 is 5.31. The number of rotatable bonds is 3. The molecular formula is C13H15ClN4O. The maximum atomic E-state index is 9.25. The molecule has 6 heteroatoms. The number of amidine groups is 1. The van der Waals surface area contributed by atoms with Crippen LogP contribution < -0.4 is 10.6 Å². The zero-order valence-electron chi connectivity index (χ0n) is 10.5. The van der Waals surface area contributed by atoms with Crippen molar-refractivity contribution in [2.24, 2.45) is 10.7 Å². The molecule has 19 heavy (non-hydrogen) atoms. The molecule has 0 amide bonds. The highest BCUT2D eigenvalue weighted by Crippen LogP contribution is 2.26. The van der Waals surface area contributed by atoms with Crippen molar-refractivity contribution in [2.75, 3.05) is 37.1 Å². The number of hydrogen-bond acceptors (Lipinski definition) is 4. The lowest BCUT2D eigenvalue weighted by molar-refractivity contribution is 0.122. The quantitative estimate of drug-likeness (QED) is 0.518. The SMILES string of the molecule is N#Cc1cc(N=C(N)CCl)ccc1N1CCOCC1. The van der Waals surface area contributed by atoms with Gasteiger partial charge in [0.15, 0.2) is 0 Å². The molecule has 0 bridgehead atoms. The fraction of sp³-hybridized carbons (Fsp3) is 0.385. The summed E-state index contributed by atoms with van der Waals surface area (Å²) in [6.07, 6.45) is 0. The van der Waals surface area contributed by atoms with E-state index in [4.69, 9.17) is 22.1 Å². The minimum absolute atomic E-state index is 0.174. The minimum atomic E-state index is 0.174. The van der Waals surface area contributed by atoms with Crippen LogP contribution in [-0.2, 0) is 4.74 Å². The smallest absolute Gasteiger partial charge is 0.115 e. The molecule has 100 valence electrons. The van der Waals surface area contributed by atoms with Gasteiger partial charge in [0.05, 0.1) is 36.0 Å². The first-order valence-electron chi connectivity index (χ1n) is 6.00. The number of alkyl halides is 1. The molecule has 2 N–H and O–H groups in total. The topological polar surface area (TPSA) is 74.6 Å². The van der Waals surface area contributed by atoms with E-state index in [2.05, 4.69) is 16.0 Å². The first-order chi connectivity index (χ1) is 9.24. The van der Waals surface area contributed by atoms with E-state index in [0.717, 1.165) is 18.8 Å². The Bertz CT molecular complexity index is 518. The lowest BCUT2D eigenvalue weighted by atomic mass is 10.1. The summed E-state index contributed by atoms with van der Waals surface area (Å²) in [5.41, 5.74) is 7.73. The van der Waals surface area contributed by atoms with Gasteiger partial charge < -0.3 is 15.4 Å². The van der Waals surface area contributed by atoms with Crippen LogP contribution in [0.15, 0.2) is 23.2 Å². The van der Waals surface area contributed by atoms with Crippen molar-refractivity contribution < 1.29 is 4.74 Å². The van der Waals surface area contributed by atoms with Crippen molar-refractivity contribution in [3.8, 4) is 6.07 Å². The average molecular weight is 279 g/mol. The monoisotopic (exact) mass is 278 g/mol. The van der Waals surface area contributed by atoms with E-state index < -0.39 is 0 Å². The number of nitrogens with two attached hydrogens (primary N) is 1. The zero-order valence-corrected chi connectivity index (χ0v) is 11.2. The number of hydrogen-bond donors (Lipinski definition) is 1. The number of ether oxygens (including phenoxy) is 1. The second-order valence-corrected chi connectivity index (χ2v) is 4.42. The van der Waals surface area contributed by atoms with Gasteiger partial charge in [-0.1, -0.05) is 0 Å². The summed E-state index contributed by atoms with van der Waals surface area (Å²) in [6, 6.07) is 7.66. The van der Waals surface area contributed by atoms with Gasteiger partial charge in [0.25, 0.3) is 0 Å². The Morgan fingerprint density at radius 2 is 2.21 bits per heavy atom. The molecule has 1 fully saturated rings. The molecular weight excluding hydrogens is 264 g/mol. The molecule has 0 spiro atoms. The fourth-order valence-corrected chi connectivity index (χ4v) is 2.02. The van der Waals surface area contributed by atoms with Crippen LogP contribution in [0.25, 0.3) is 0 Å². The van der Waals surface area contributed by atoms with E-state index in [-0.39, 0.29) is 5.88 Å². The normalized spacial score (nSPS) is 16.2. The summed E-state index contributed by atoms with van der Waals surface area (Å²) in [5, 5.41) is 9.25. The zero-order chi connectivity index (χ0) is 13.7. The molecule has 5 nitrogen and oxygen atoms in total. The lowest BCUT2D eigenvalue weighted by Crippen LogP contribution is -2.36. The highest BCUT2D eigenvalue weighted by molar-refractivity contribution is 6.28. The van der Waals surface area contributed by atoms with Crippen LogP contribution in [0, 0.1) is 11.3 Å². The second kappa shape index (κ2) is 6.41. The predicted octanol–water partition coefficient (Wildman–Crippen LogP) is 1.62. The van der Waals surface area contributed by atoms with Crippen LogP contribution in [0.1, 0.15) is 5.56 Å². The summed E-state index contributed by atoms with van der Waals surface area (Å²) in [5.74, 6) is 0.511. The maximum Gasteiger partial charge on any atom is 0.115 e. The fourth-order valence-electron chi connectivity index (χ4n) is 1.96. The minimum Gasteiger partial charge on any atom is -0.386 e. The molecule has 0 aliphatic carbocycles. The molecule has 1 saturated heterocycles.